The summed E-state index contributed by atoms with van der Waals surface area (Å²) < 4.78 is 5.10. The number of hydrogen-bond donors (Lipinski definition) is 0. The van der Waals surface area contributed by atoms with E-state index in [-0.39, 0.29) is 24.9 Å². The minimum absolute atomic E-state index is 0. The molecule has 1 saturated heterocycles. The van der Waals surface area contributed by atoms with Gasteiger partial charge in [-0.25, -0.2) is 0 Å². The Hall–Kier alpha value is -0.493. The molecule has 1 aromatic rings. The predicted molar refractivity (Wildman–Crippen MR) is 55.8 cm³/mol. The Morgan fingerprint density at radius 1 is 1.36 bits per heavy atom. The monoisotopic (exact) mass is 199 g/mol. The maximum absolute atomic E-state index is 5.10. The Bertz CT molecular complexity index is 304. The summed E-state index contributed by atoms with van der Waals surface area (Å²) in [6, 6.07) is 10.5. The Balaban J connectivity index is 0.000000980. The zero-order valence-corrected chi connectivity index (χ0v) is 8.96. The fourth-order valence-electron chi connectivity index (χ4n) is 1.38. The summed E-state index contributed by atoms with van der Waals surface area (Å²) >= 11 is 4.82. The second kappa shape index (κ2) is 5.40. The molecule has 1 heterocycles. The fourth-order valence-corrected chi connectivity index (χ4v) is 1.60. The molecule has 68 valence electrons. The molecule has 0 unspecified atom stereocenters. The van der Waals surface area contributed by atoms with Crippen molar-refractivity contribution >= 4 is 17.4 Å². The largest absolute Gasteiger partial charge is 1.00 e. The van der Waals surface area contributed by atoms with Gasteiger partial charge in [0.2, 0.25) is 0 Å². The van der Waals surface area contributed by atoms with Gasteiger partial charge in [0, 0.05) is 0 Å². The number of ether oxygens (including phenoxy) is 1. The first-order chi connectivity index (χ1) is 6.34. The van der Waals surface area contributed by atoms with Gasteiger partial charge in [-0.2, -0.15) is 0 Å². The van der Waals surface area contributed by atoms with E-state index in [1.165, 1.54) is 5.56 Å². The van der Waals surface area contributed by atoms with E-state index < -0.39 is 0 Å². The number of nitrogens with zero attached hydrogens (tertiary/aromatic N) is 1. The van der Waals surface area contributed by atoms with E-state index >= 15 is 0 Å². The van der Waals surface area contributed by atoms with Crippen molar-refractivity contribution in [3.05, 3.63) is 41.2 Å². The van der Waals surface area contributed by atoms with Crippen LogP contribution in [0.3, 0.4) is 0 Å². The average molecular weight is 199 g/mol. The second-order valence-corrected chi connectivity index (χ2v) is 3.40. The van der Waals surface area contributed by atoms with E-state index in [1.807, 2.05) is 18.2 Å². The number of benzene rings is 1. The Morgan fingerprint density at radius 3 is 2.64 bits per heavy atom. The SMILES string of the molecule is S=C1[N-][C@H](Cc2ccccc2)CO1.[Li+]. The zero-order chi connectivity index (χ0) is 9.10. The third-order valence-corrected chi connectivity index (χ3v) is 2.22. The molecule has 1 fully saturated rings. The first-order valence-corrected chi connectivity index (χ1v) is 4.67. The van der Waals surface area contributed by atoms with Crippen LogP contribution < -0.4 is 18.9 Å². The molecule has 0 bridgehead atoms. The normalized spacial score (nSPS) is 19.4. The molecule has 1 aromatic carbocycles. The van der Waals surface area contributed by atoms with E-state index in [0.29, 0.717) is 11.8 Å². The van der Waals surface area contributed by atoms with E-state index in [0.717, 1.165) is 6.42 Å². The summed E-state index contributed by atoms with van der Waals surface area (Å²) in [5.74, 6) is 0. The van der Waals surface area contributed by atoms with Gasteiger partial charge in [-0.1, -0.05) is 48.6 Å². The molecule has 4 heteroatoms. The van der Waals surface area contributed by atoms with Crippen LogP contribution in [0, 0.1) is 0 Å². The van der Waals surface area contributed by atoms with Crippen LogP contribution in [0.5, 0.6) is 0 Å². The molecule has 0 N–H and O–H groups in total. The van der Waals surface area contributed by atoms with Crippen LogP contribution in [-0.2, 0) is 11.2 Å². The van der Waals surface area contributed by atoms with Gasteiger partial charge in [-0.05, 0) is 12.0 Å². The Morgan fingerprint density at radius 2 is 2.07 bits per heavy atom. The van der Waals surface area contributed by atoms with E-state index in [4.69, 9.17) is 17.0 Å². The van der Waals surface area contributed by atoms with Crippen LogP contribution in [-0.4, -0.2) is 17.8 Å². The van der Waals surface area contributed by atoms with Crippen molar-refractivity contribution in [1.29, 1.82) is 0 Å². The number of hydrogen-bond acceptors (Lipinski definition) is 2. The quantitative estimate of drug-likeness (QED) is 0.464. The molecule has 0 radical (unpaired) electrons. The van der Waals surface area contributed by atoms with E-state index in [9.17, 15) is 0 Å². The molecule has 0 aromatic heterocycles. The van der Waals surface area contributed by atoms with Crippen molar-refractivity contribution in [1.82, 2.24) is 0 Å². The van der Waals surface area contributed by atoms with Crippen LogP contribution >= 0.6 is 12.2 Å². The summed E-state index contributed by atoms with van der Waals surface area (Å²) in [4.78, 5) is 0. The third kappa shape index (κ3) is 3.02. The van der Waals surface area contributed by atoms with Gasteiger partial charge in [-0.15, -0.1) is 0 Å². The van der Waals surface area contributed by atoms with E-state index in [1.54, 1.807) is 0 Å². The smallest absolute Gasteiger partial charge is 0.639 e. The van der Waals surface area contributed by atoms with Crippen molar-refractivity contribution in [2.75, 3.05) is 6.61 Å². The average Bonchev–Trinajstić information content (AvgIpc) is 2.53. The fraction of sp³-hybridized carbons (Fsp3) is 0.300. The van der Waals surface area contributed by atoms with Gasteiger partial charge in [0.05, 0.1) is 11.8 Å². The summed E-state index contributed by atoms with van der Waals surface area (Å²) in [7, 11) is 0. The van der Waals surface area contributed by atoms with Gasteiger partial charge in [0.15, 0.2) is 0 Å². The molecule has 1 atom stereocenters. The van der Waals surface area contributed by atoms with Crippen molar-refractivity contribution < 1.29 is 23.6 Å². The molecule has 0 spiro atoms. The summed E-state index contributed by atoms with van der Waals surface area (Å²) in [6.07, 6.45) is 0.918. The molecule has 0 amide bonds. The van der Waals surface area contributed by atoms with Crippen LogP contribution in [0.2, 0.25) is 0 Å². The van der Waals surface area contributed by atoms with Crippen LogP contribution in [0.4, 0.5) is 0 Å². The van der Waals surface area contributed by atoms with Crippen LogP contribution in [0.15, 0.2) is 30.3 Å². The van der Waals surface area contributed by atoms with Crippen molar-refractivity contribution in [3.8, 4) is 0 Å². The third-order valence-electron chi connectivity index (χ3n) is 2.00. The van der Waals surface area contributed by atoms with Crippen molar-refractivity contribution in [2.24, 2.45) is 0 Å². The van der Waals surface area contributed by atoms with Crippen molar-refractivity contribution in [3.63, 3.8) is 0 Å². The van der Waals surface area contributed by atoms with Gasteiger partial charge in [0.25, 0.3) is 0 Å². The molecular weight excluding hydrogens is 189 g/mol. The molecule has 0 saturated carbocycles. The topological polar surface area (TPSA) is 23.3 Å². The summed E-state index contributed by atoms with van der Waals surface area (Å²) in [5, 5.41) is 4.60. The first-order valence-electron chi connectivity index (χ1n) is 4.26. The zero-order valence-electron chi connectivity index (χ0n) is 8.14. The van der Waals surface area contributed by atoms with Gasteiger partial charge in [-0.3, -0.25) is 0 Å². The molecule has 0 aliphatic carbocycles. The molecular formula is C10H10LiNOS. The minimum atomic E-state index is 0. The van der Waals surface area contributed by atoms with E-state index in [2.05, 4.69) is 17.4 Å². The maximum atomic E-state index is 5.10. The minimum Gasteiger partial charge on any atom is -0.639 e. The van der Waals surface area contributed by atoms with Crippen molar-refractivity contribution in [2.45, 2.75) is 12.5 Å². The van der Waals surface area contributed by atoms with Gasteiger partial charge < -0.3 is 10.1 Å². The molecule has 1 aliphatic heterocycles. The molecule has 1 aliphatic rings. The number of thiocarbonyl (C=S) groups is 1. The summed E-state index contributed by atoms with van der Waals surface area (Å²) in [5.41, 5.74) is 1.28. The van der Waals surface area contributed by atoms with Crippen LogP contribution in [0.25, 0.3) is 5.32 Å². The predicted octanol–water partition coefficient (Wildman–Crippen LogP) is -0.710. The molecule has 14 heavy (non-hydrogen) atoms. The molecule has 2 nitrogen and oxygen atoms in total. The maximum Gasteiger partial charge on any atom is 1.00 e. The van der Waals surface area contributed by atoms with Crippen LogP contribution in [0.1, 0.15) is 5.56 Å². The standard InChI is InChI=1S/C10H11NOS.Li/c13-10-11-9(7-12-10)6-8-4-2-1-3-5-8;/h1-5,9H,6-7H2,(H,11,13);/q;+1/p-1/t9-;/m1./s1. The second-order valence-electron chi connectivity index (χ2n) is 3.05. The van der Waals surface area contributed by atoms with Gasteiger partial charge in [0.1, 0.15) is 0 Å². The Labute approximate surface area is 101 Å². The number of rotatable bonds is 2. The first kappa shape index (κ1) is 11.6. The Kier molecular flexibility index (Phi) is 4.47. The molecule has 2 rings (SSSR count). The van der Waals surface area contributed by atoms with Gasteiger partial charge >= 0.3 is 18.9 Å². The summed E-state index contributed by atoms with van der Waals surface area (Å²) in [6.45, 7) is 0.633.